The number of benzene rings is 4. The van der Waals surface area contributed by atoms with Crippen molar-refractivity contribution in [1.29, 1.82) is 0 Å². The van der Waals surface area contributed by atoms with Crippen LogP contribution in [0.3, 0.4) is 0 Å². The molecule has 0 radical (unpaired) electrons. The summed E-state index contributed by atoms with van der Waals surface area (Å²) in [6.07, 6.45) is 1.63. The molecular formula is C39H35N5O6. The lowest BCUT2D eigenvalue weighted by Gasteiger charge is -2.28. The van der Waals surface area contributed by atoms with Crippen molar-refractivity contribution in [1.82, 2.24) is 20.6 Å². The van der Waals surface area contributed by atoms with Crippen LogP contribution in [0.5, 0.6) is 11.5 Å². The number of ether oxygens (including phenoxy) is 3. The third-order valence-corrected chi connectivity index (χ3v) is 8.11. The number of allylic oxidation sites excluding steroid dienone is 1. The number of hydrogen-bond acceptors (Lipinski definition) is 7. The zero-order valence-corrected chi connectivity index (χ0v) is 27.7. The molecule has 3 amide bonds. The van der Waals surface area contributed by atoms with E-state index >= 15 is 0 Å². The van der Waals surface area contributed by atoms with Crippen LogP contribution < -0.4 is 25.5 Å². The lowest BCUT2D eigenvalue weighted by Crippen LogP contribution is -2.45. The Bertz CT molecular complexity index is 2070. The molecule has 11 nitrogen and oxygen atoms in total. The monoisotopic (exact) mass is 669 g/mol. The summed E-state index contributed by atoms with van der Waals surface area (Å²) in [7, 11) is 2.73. The fraction of sp³-hybridized carbons (Fsp3) is 0.128. The number of methoxy groups -OCH3 is 2. The molecule has 0 saturated carbocycles. The first kappa shape index (κ1) is 33.3. The van der Waals surface area contributed by atoms with Crippen molar-refractivity contribution in [2.75, 3.05) is 20.8 Å². The van der Waals surface area contributed by atoms with Gasteiger partial charge in [0, 0.05) is 16.9 Å². The van der Waals surface area contributed by atoms with Crippen molar-refractivity contribution in [2.24, 2.45) is 5.10 Å². The molecule has 252 valence electrons. The summed E-state index contributed by atoms with van der Waals surface area (Å²) in [6, 6.07) is 35.9. The van der Waals surface area contributed by atoms with E-state index in [0.717, 1.165) is 33.8 Å². The second-order valence-corrected chi connectivity index (χ2v) is 11.3. The molecule has 0 spiro atoms. The summed E-state index contributed by atoms with van der Waals surface area (Å²) in [6.45, 7) is 1.27. The first-order valence-corrected chi connectivity index (χ1v) is 15.8. The topological polar surface area (TPSA) is 132 Å². The number of carbonyl (C=O) groups excluding carboxylic acids is 3. The summed E-state index contributed by atoms with van der Waals surface area (Å²) in [4.78, 5) is 37.6. The molecule has 1 atom stereocenters. The largest absolute Gasteiger partial charge is 0.493 e. The van der Waals surface area contributed by atoms with Gasteiger partial charge in [-0.2, -0.15) is 5.10 Å². The molecule has 1 aliphatic heterocycles. The maximum atomic E-state index is 12.9. The molecule has 50 heavy (non-hydrogen) atoms. The number of carbonyl (C=O) groups is 3. The maximum Gasteiger partial charge on any atom is 0.337 e. The van der Waals surface area contributed by atoms with E-state index in [-0.39, 0.29) is 17.9 Å². The van der Waals surface area contributed by atoms with Crippen LogP contribution >= 0.6 is 0 Å². The molecule has 0 unspecified atom stereocenters. The molecule has 0 saturated heterocycles. The van der Waals surface area contributed by atoms with Gasteiger partial charge in [-0.05, 0) is 53.9 Å². The third kappa shape index (κ3) is 7.12. The van der Waals surface area contributed by atoms with E-state index in [4.69, 9.17) is 14.2 Å². The summed E-state index contributed by atoms with van der Waals surface area (Å²) in [5.41, 5.74) is 9.45. The molecule has 1 aliphatic rings. The van der Waals surface area contributed by atoms with Crippen LogP contribution in [0.1, 0.15) is 24.1 Å². The predicted octanol–water partition coefficient (Wildman–Crippen LogP) is 6.15. The van der Waals surface area contributed by atoms with Crippen molar-refractivity contribution in [3.63, 3.8) is 0 Å². The van der Waals surface area contributed by atoms with Crippen LogP contribution in [0.4, 0.5) is 4.79 Å². The Balaban J connectivity index is 1.22. The number of urea groups is 1. The summed E-state index contributed by atoms with van der Waals surface area (Å²) >= 11 is 0. The van der Waals surface area contributed by atoms with Crippen molar-refractivity contribution in [3.8, 4) is 39.7 Å². The second-order valence-electron chi connectivity index (χ2n) is 11.3. The normalized spacial score (nSPS) is 14.1. The van der Waals surface area contributed by atoms with Gasteiger partial charge in [0.15, 0.2) is 18.1 Å². The van der Waals surface area contributed by atoms with Gasteiger partial charge >= 0.3 is 12.0 Å². The maximum absolute atomic E-state index is 12.9. The van der Waals surface area contributed by atoms with Gasteiger partial charge < -0.3 is 29.4 Å². The molecule has 6 rings (SSSR count). The van der Waals surface area contributed by atoms with E-state index in [1.165, 1.54) is 14.2 Å². The minimum absolute atomic E-state index is 0.255. The number of para-hydroxylation sites is 1. The SMILES string of the molecule is COC(=O)C1=C(C)NC(=O)N[C@@H]1c1ccc(OCC(=O)N/N=C\c2cc(-c3ccccc3)n(-c3ccccc3)c2-c2ccccc2)c(OC)c1. The zero-order chi connectivity index (χ0) is 35.0. The summed E-state index contributed by atoms with van der Waals surface area (Å²) < 4.78 is 18.4. The summed E-state index contributed by atoms with van der Waals surface area (Å²) in [5.74, 6) is -0.483. The van der Waals surface area contributed by atoms with Gasteiger partial charge in [0.1, 0.15) is 0 Å². The fourth-order valence-electron chi connectivity index (χ4n) is 5.84. The number of hydrazone groups is 1. The first-order chi connectivity index (χ1) is 24.4. The average Bonchev–Trinajstić information content (AvgIpc) is 3.53. The fourth-order valence-corrected chi connectivity index (χ4v) is 5.84. The molecule has 2 heterocycles. The van der Waals surface area contributed by atoms with Gasteiger partial charge in [-0.25, -0.2) is 15.0 Å². The molecule has 5 aromatic rings. The molecule has 4 aromatic carbocycles. The smallest absolute Gasteiger partial charge is 0.337 e. The summed E-state index contributed by atoms with van der Waals surface area (Å²) in [5, 5.41) is 9.63. The Morgan fingerprint density at radius 1 is 0.860 bits per heavy atom. The number of aromatic nitrogens is 1. The highest BCUT2D eigenvalue weighted by molar-refractivity contribution is 5.95. The molecular weight excluding hydrogens is 634 g/mol. The highest BCUT2D eigenvalue weighted by atomic mass is 16.5. The van der Waals surface area contributed by atoms with Crippen molar-refractivity contribution in [2.45, 2.75) is 13.0 Å². The highest BCUT2D eigenvalue weighted by Crippen LogP contribution is 2.36. The average molecular weight is 670 g/mol. The standard InChI is InChI=1S/C39H35N5O6/c1-25-35(38(46)49-3)36(42-39(47)41-25)28-19-20-32(33(22-28)48-2)50-24-34(45)43-40-23-29-21-31(26-13-7-4-8-14-26)44(30-17-11-6-12-18-30)37(29)27-15-9-5-10-16-27/h4-23,36H,24H2,1-3H3,(H,43,45)(H2,41,42,47)/b40-23-/t36-/m1/s1. The number of nitrogens with one attached hydrogen (secondary N) is 3. The second kappa shape index (κ2) is 15.1. The van der Waals surface area contributed by atoms with Crippen molar-refractivity contribution >= 4 is 24.1 Å². The number of esters is 1. The van der Waals surface area contributed by atoms with Gasteiger partial charge in [-0.1, -0.05) is 84.9 Å². The molecule has 0 aliphatic carbocycles. The number of hydrogen-bond donors (Lipinski definition) is 3. The van der Waals surface area contributed by atoms with E-state index in [2.05, 4.69) is 56.1 Å². The Kier molecular flexibility index (Phi) is 10.0. The van der Waals surface area contributed by atoms with E-state index in [1.807, 2.05) is 66.7 Å². The Labute approximate surface area is 289 Å². The number of amides is 3. The Hall–Kier alpha value is -6.62. The van der Waals surface area contributed by atoms with Crippen LogP contribution in [0, 0.1) is 0 Å². The minimum Gasteiger partial charge on any atom is -0.493 e. The van der Waals surface area contributed by atoms with E-state index in [9.17, 15) is 14.4 Å². The van der Waals surface area contributed by atoms with Gasteiger partial charge in [0.2, 0.25) is 0 Å². The zero-order valence-electron chi connectivity index (χ0n) is 27.7. The lowest BCUT2D eigenvalue weighted by molar-refractivity contribution is -0.136. The quantitative estimate of drug-likeness (QED) is 0.0879. The van der Waals surface area contributed by atoms with Gasteiger partial charge in [-0.3, -0.25) is 4.79 Å². The number of rotatable bonds is 11. The number of nitrogens with zero attached hydrogens (tertiary/aromatic N) is 2. The molecule has 1 aromatic heterocycles. The van der Waals surface area contributed by atoms with Gasteiger partial charge in [0.25, 0.3) is 5.91 Å². The van der Waals surface area contributed by atoms with Crippen LogP contribution in [0.25, 0.3) is 28.2 Å². The highest BCUT2D eigenvalue weighted by Gasteiger charge is 2.32. The van der Waals surface area contributed by atoms with Crippen LogP contribution in [-0.2, 0) is 14.3 Å². The molecule has 3 N–H and O–H groups in total. The van der Waals surface area contributed by atoms with Gasteiger partial charge in [0.05, 0.1) is 43.4 Å². The third-order valence-electron chi connectivity index (χ3n) is 8.11. The van der Waals surface area contributed by atoms with Crippen molar-refractivity contribution in [3.05, 3.63) is 138 Å². The van der Waals surface area contributed by atoms with E-state index in [0.29, 0.717) is 17.0 Å². The van der Waals surface area contributed by atoms with Crippen LogP contribution in [-0.4, -0.2) is 49.5 Å². The minimum atomic E-state index is -0.781. The van der Waals surface area contributed by atoms with Crippen molar-refractivity contribution < 1.29 is 28.6 Å². The van der Waals surface area contributed by atoms with Crippen LogP contribution in [0.15, 0.2) is 132 Å². The first-order valence-electron chi connectivity index (χ1n) is 15.8. The molecule has 11 heteroatoms. The predicted molar refractivity (Wildman–Crippen MR) is 190 cm³/mol. The Morgan fingerprint density at radius 3 is 2.18 bits per heavy atom. The Morgan fingerprint density at radius 2 is 1.52 bits per heavy atom. The van der Waals surface area contributed by atoms with E-state index < -0.39 is 23.9 Å². The molecule has 0 bridgehead atoms. The lowest BCUT2D eigenvalue weighted by atomic mass is 9.95. The van der Waals surface area contributed by atoms with Gasteiger partial charge in [-0.15, -0.1) is 0 Å². The molecule has 0 fully saturated rings. The van der Waals surface area contributed by atoms with E-state index in [1.54, 1.807) is 31.3 Å². The van der Waals surface area contributed by atoms with Crippen LogP contribution in [0.2, 0.25) is 0 Å².